The van der Waals surface area contributed by atoms with Gasteiger partial charge in [0, 0.05) is 40.9 Å². The highest BCUT2D eigenvalue weighted by atomic mass is 32.2. The van der Waals surface area contributed by atoms with Crippen LogP contribution >= 0.6 is 0 Å². The number of hydrogen-bond acceptors (Lipinski definition) is 5. The van der Waals surface area contributed by atoms with E-state index >= 15 is 0 Å². The van der Waals surface area contributed by atoms with Gasteiger partial charge in [-0.25, -0.2) is 4.98 Å². The highest BCUT2D eigenvalue weighted by Gasteiger charge is 2.17. The van der Waals surface area contributed by atoms with E-state index in [4.69, 9.17) is 19.6 Å². The summed E-state index contributed by atoms with van der Waals surface area (Å²) in [6.45, 7) is 0.967. The average Bonchev–Trinajstić information content (AvgIpc) is 3.03. The molecule has 0 aliphatic heterocycles. The SMILES string of the molecule is CS(=O)CCCOc1ccc2c(n1)CCCc1ccc(COc3ccc(CCC(=O)O)cc3)cc1-2. The van der Waals surface area contributed by atoms with Crippen molar-refractivity contribution in [1.29, 1.82) is 0 Å². The highest BCUT2D eigenvalue weighted by molar-refractivity contribution is 7.84. The molecule has 4 rings (SSSR count). The van der Waals surface area contributed by atoms with E-state index in [1.165, 1.54) is 11.1 Å². The number of nitrogens with zero attached hydrogens (tertiary/aromatic N) is 1. The second kappa shape index (κ2) is 12.0. The van der Waals surface area contributed by atoms with Crippen molar-refractivity contribution in [1.82, 2.24) is 4.98 Å². The minimum atomic E-state index is -0.803. The first kappa shape index (κ1) is 24.9. The molecule has 1 atom stereocenters. The van der Waals surface area contributed by atoms with Gasteiger partial charge in [0.2, 0.25) is 5.88 Å². The van der Waals surface area contributed by atoms with Gasteiger partial charge < -0.3 is 14.6 Å². The van der Waals surface area contributed by atoms with E-state index in [1.54, 1.807) is 6.26 Å². The monoisotopic (exact) mass is 493 g/mol. The summed E-state index contributed by atoms with van der Waals surface area (Å²) in [5.74, 6) is 1.23. The van der Waals surface area contributed by atoms with Crippen LogP contribution in [0, 0.1) is 0 Å². The number of aliphatic carboxylic acids is 1. The topological polar surface area (TPSA) is 85.7 Å². The lowest BCUT2D eigenvalue weighted by atomic mass is 9.97. The van der Waals surface area contributed by atoms with Gasteiger partial charge in [0.05, 0.1) is 12.3 Å². The summed E-state index contributed by atoms with van der Waals surface area (Å²) in [6, 6.07) is 18.1. The smallest absolute Gasteiger partial charge is 0.303 e. The number of rotatable bonds is 11. The van der Waals surface area contributed by atoms with Crippen LogP contribution in [0.5, 0.6) is 11.6 Å². The van der Waals surface area contributed by atoms with Crippen molar-refractivity contribution >= 4 is 16.8 Å². The molecule has 0 saturated carbocycles. The standard InChI is InChI=1S/C28H31NO5S/c1-35(32)17-3-16-33-27-14-13-24-25-18-21(6-10-22(25)4-2-5-26(24)29-27)19-34-23-11-7-20(8-12-23)9-15-28(30)31/h6-8,10-14,18H,2-5,9,15-17,19H2,1H3,(H,30,31). The summed E-state index contributed by atoms with van der Waals surface area (Å²) >= 11 is 0. The second-order valence-corrected chi connectivity index (χ2v) is 10.3. The normalized spacial score (nSPS) is 13.3. The second-order valence-electron chi connectivity index (χ2n) is 8.79. The summed E-state index contributed by atoms with van der Waals surface area (Å²) in [7, 11) is -0.803. The van der Waals surface area contributed by atoms with Crippen LogP contribution in [-0.2, 0) is 41.5 Å². The largest absolute Gasteiger partial charge is 0.489 e. The summed E-state index contributed by atoms with van der Waals surface area (Å²) in [4.78, 5) is 15.5. The van der Waals surface area contributed by atoms with Crippen LogP contribution in [0.1, 0.15) is 41.6 Å². The molecule has 1 heterocycles. The number of benzene rings is 2. The van der Waals surface area contributed by atoms with Crippen LogP contribution in [0.2, 0.25) is 0 Å². The molecule has 35 heavy (non-hydrogen) atoms. The number of carboxylic acids is 1. The Bertz CT molecular complexity index is 1190. The Morgan fingerprint density at radius 2 is 1.80 bits per heavy atom. The molecule has 0 spiro atoms. The molecule has 0 saturated heterocycles. The third-order valence-electron chi connectivity index (χ3n) is 6.06. The zero-order chi connectivity index (χ0) is 24.6. The molecule has 1 aliphatic rings. The Labute approximate surface area is 208 Å². The summed E-state index contributed by atoms with van der Waals surface area (Å²) < 4.78 is 23.0. The quantitative estimate of drug-likeness (QED) is 0.379. The van der Waals surface area contributed by atoms with Gasteiger partial charge in [-0.15, -0.1) is 0 Å². The van der Waals surface area contributed by atoms with Crippen LogP contribution < -0.4 is 9.47 Å². The maximum atomic E-state index is 11.2. The molecule has 1 unspecified atom stereocenters. The van der Waals surface area contributed by atoms with E-state index in [0.717, 1.165) is 53.8 Å². The number of hydrogen-bond donors (Lipinski definition) is 1. The van der Waals surface area contributed by atoms with Gasteiger partial charge in [-0.3, -0.25) is 9.00 Å². The molecular formula is C28H31NO5S. The fraction of sp³-hybridized carbons (Fsp3) is 0.357. The molecule has 2 aromatic carbocycles. The molecule has 1 aliphatic carbocycles. The lowest BCUT2D eigenvalue weighted by Crippen LogP contribution is -2.05. The van der Waals surface area contributed by atoms with E-state index in [-0.39, 0.29) is 6.42 Å². The van der Waals surface area contributed by atoms with Crippen molar-refractivity contribution in [3.63, 3.8) is 0 Å². The van der Waals surface area contributed by atoms with Crippen molar-refractivity contribution in [2.24, 2.45) is 0 Å². The summed E-state index contributed by atoms with van der Waals surface area (Å²) in [6.07, 6.45) is 6.04. The Kier molecular flexibility index (Phi) is 8.53. The van der Waals surface area contributed by atoms with Gasteiger partial charge in [-0.2, -0.15) is 0 Å². The van der Waals surface area contributed by atoms with Crippen molar-refractivity contribution in [3.8, 4) is 22.8 Å². The van der Waals surface area contributed by atoms with Crippen molar-refractivity contribution < 1.29 is 23.6 Å². The number of carboxylic acid groups (broad SMARTS) is 1. The molecule has 0 radical (unpaired) electrons. The highest BCUT2D eigenvalue weighted by Crippen LogP contribution is 2.34. The number of pyridine rings is 1. The zero-order valence-corrected chi connectivity index (χ0v) is 20.8. The lowest BCUT2D eigenvalue weighted by molar-refractivity contribution is -0.136. The predicted octanol–water partition coefficient (Wildman–Crippen LogP) is 4.98. The van der Waals surface area contributed by atoms with Gasteiger partial charge in [0.1, 0.15) is 12.4 Å². The number of aromatic nitrogens is 1. The van der Waals surface area contributed by atoms with Crippen molar-refractivity contribution in [3.05, 3.63) is 77.0 Å². The summed E-state index contributed by atoms with van der Waals surface area (Å²) in [5.41, 5.74) is 6.77. The Morgan fingerprint density at radius 1 is 1.00 bits per heavy atom. The van der Waals surface area contributed by atoms with Crippen LogP contribution in [0.25, 0.3) is 11.1 Å². The maximum Gasteiger partial charge on any atom is 0.303 e. The fourth-order valence-electron chi connectivity index (χ4n) is 4.24. The number of fused-ring (bicyclic) bond motifs is 3. The lowest BCUT2D eigenvalue weighted by Gasteiger charge is -2.13. The van der Waals surface area contributed by atoms with Crippen molar-refractivity contribution in [2.45, 2.75) is 45.1 Å². The van der Waals surface area contributed by atoms with E-state index in [9.17, 15) is 9.00 Å². The van der Waals surface area contributed by atoms with E-state index < -0.39 is 16.8 Å². The first-order valence-electron chi connectivity index (χ1n) is 12.0. The van der Waals surface area contributed by atoms with Crippen LogP contribution in [0.3, 0.4) is 0 Å². The zero-order valence-electron chi connectivity index (χ0n) is 20.0. The molecule has 6 nitrogen and oxygen atoms in total. The molecule has 0 amide bonds. The molecule has 0 fully saturated rings. The first-order chi connectivity index (χ1) is 17.0. The van der Waals surface area contributed by atoms with Crippen LogP contribution in [-0.4, -0.2) is 38.9 Å². The van der Waals surface area contributed by atoms with Gasteiger partial charge in [0.15, 0.2) is 0 Å². The fourth-order valence-corrected chi connectivity index (χ4v) is 4.76. The Morgan fingerprint density at radius 3 is 2.57 bits per heavy atom. The molecule has 184 valence electrons. The number of carbonyl (C=O) groups is 1. The Hall–Kier alpha value is -3.19. The molecule has 0 bridgehead atoms. The Balaban J connectivity index is 1.43. The van der Waals surface area contributed by atoms with Gasteiger partial charge in [-0.1, -0.05) is 24.3 Å². The van der Waals surface area contributed by atoms with Gasteiger partial charge >= 0.3 is 5.97 Å². The number of ether oxygens (including phenoxy) is 2. The minimum Gasteiger partial charge on any atom is -0.489 e. The average molecular weight is 494 g/mol. The van der Waals surface area contributed by atoms with Gasteiger partial charge in [-0.05, 0) is 78.6 Å². The van der Waals surface area contributed by atoms with E-state index in [2.05, 4.69) is 24.3 Å². The molecule has 1 aromatic heterocycles. The maximum absolute atomic E-state index is 11.2. The third-order valence-corrected chi connectivity index (χ3v) is 6.92. The summed E-state index contributed by atoms with van der Waals surface area (Å²) in [5, 5.41) is 8.83. The van der Waals surface area contributed by atoms with E-state index in [0.29, 0.717) is 31.3 Å². The predicted molar refractivity (Wildman–Crippen MR) is 137 cm³/mol. The number of aryl methyl sites for hydroxylation is 3. The van der Waals surface area contributed by atoms with Crippen molar-refractivity contribution in [2.75, 3.05) is 18.6 Å². The molecular weight excluding hydrogens is 462 g/mol. The molecule has 3 aromatic rings. The third kappa shape index (κ3) is 7.15. The first-order valence-corrected chi connectivity index (χ1v) is 13.7. The van der Waals surface area contributed by atoms with Gasteiger partial charge in [0.25, 0.3) is 0 Å². The molecule has 7 heteroatoms. The van der Waals surface area contributed by atoms with Crippen LogP contribution in [0.15, 0.2) is 54.6 Å². The minimum absolute atomic E-state index is 0.125. The van der Waals surface area contributed by atoms with E-state index in [1.807, 2.05) is 30.3 Å². The molecule has 1 N–H and O–H groups in total. The van der Waals surface area contributed by atoms with Crippen LogP contribution in [0.4, 0.5) is 0 Å².